The molecule has 0 saturated heterocycles. The van der Waals surface area contributed by atoms with E-state index < -0.39 is 0 Å². The number of rotatable bonds is 5. The molecule has 0 heterocycles. The van der Waals surface area contributed by atoms with Crippen LogP contribution in [0.5, 0.6) is 0 Å². The van der Waals surface area contributed by atoms with E-state index in [9.17, 15) is 0 Å². The van der Waals surface area contributed by atoms with Gasteiger partial charge in [0.05, 0.1) is 0 Å². The maximum atomic E-state index is 5.89. The van der Waals surface area contributed by atoms with Crippen molar-refractivity contribution in [1.82, 2.24) is 0 Å². The topological polar surface area (TPSA) is 38.0 Å². The first-order valence-electron chi connectivity index (χ1n) is 5.98. The normalized spacial score (nSPS) is 10.1. The summed E-state index contributed by atoms with van der Waals surface area (Å²) in [6.07, 6.45) is 2.11. The number of hydrogen-bond donors (Lipinski definition) is 2. The average Bonchev–Trinajstić information content (AvgIpc) is 2.38. The summed E-state index contributed by atoms with van der Waals surface area (Å²) in [5.41, 5.74) is 9.20. The maximum absolute atomic E-state index is 5.89. The molecule has 2 aromatic carbocycles. The minimum Gasteiger partial charge on any atom is -0.399 e. The van der Waals surface area contributed by atoms with Crippen LogP contribution >= 0.6 is 0 Å². The molecule has 0 aliphatic rings. The summed E-state index contributed by atoms with van der Waals surface area (Å²) in [5.74, 6) is 0. The fraction of sp³-hybridized carbons (Fsp3) is 0.200. The third-order valence-corrected chi connectivity index (χ3v) is 2.78. The molecule has 2 nitrogen and oxygen atoms in total. The van der Waals surface area contributed by atoms with Crippen molar-refractivity contribution in [2.75, 3.05) is 17.6 Å². The first kappa shape index (κ1) is 11.5. The molecule has 0 atom stereocenters. The lowest BCUT2D eigenvalue weighted by molar-refractivity contribution is 0.865. The summed E-state index contributed by atoms with van der Waals surface area (Å²) in [4.78, 5) is 0. The second kappa shape index (κ2) is 5.94. The largest absolute Gasteiger partial charge is 0.399 e. The van der Waals surface area contributed by atoms with Crippen LogP contribution < -0.4 is 11.1 Å². The van der Waals surface area contributed by atoms with Crippen LogP contribution in [0.15, 0.2) is 54.6 Å². The summed E-state index contributed by atoms with van der Waals surface area (Å²) in [7, 11) is 0. The summed E-state index contributed by atoms with van der Waals surface area (Å²) in [6, 6.07) is 18.3. The quantitative estimate of drug-likeness (QED) is 0.606. The van der Waals surface area contributed by atoms with Gasteiger partial charge in [-0.25, -0.2) is 0 Å². The lowest BCUT2D eigenvalue weighted by atomic mass is 10.1. The number of nitrogens with one attached hydrogen (secondary N) is 1. The summed E-state index contributed by atoms with van der Waals surface area (Å²) >= 11 is 0. The molecule has 2 rings (SSSR count). The number of nitrogen functional groups attached to an aromatic ring is 1. The molecule has 88 valence electrons. The third-order valence-electron chi connectivity index (χ3n) is 2.78. The van der Waals surface area contributed by atoms with Gasteiger partial charge < -0.3 is 11.1 Å². The van der Waals surface area contributed by atoms with Crippen molar-refractivity contribution < 1.29 is 0 Å². The summed E-state index contributed by atoms with van der Waals surface area (Å²) in [5, 5.41) is 3.39. The zero-order valence-electron chi connectivity index (χ0n) is 9.89. The Kier molecular flexibility index (Phi) is 4.03. The van der Waals surface area contributed by atoms with E-state index in [2.05, 4.69) is 23.5 Å². The predicted octanol–water partition coefficient (Wildman–Crippen LogP) is 3.31. The first-order valence-corrected chi connectivity index (χ1v) is 5.98. The molecule has 0 unspecified atom stereocenters. The zero-order chi connectivity index (χ0) is 11.9. The van der Waals surface area contributed by atoms with Gasteiger partial charge in [-0.2, -0.15) is 0 Å². The Morgan fingerprint density at radius 3 is 2.35 bits per heavy atom. The van der Waals surface area contributed by atoms with E-state index in [-0.39, 0.29) is 0 Å². The van der Waals surface area contributed by atoms with E-state index >= 15 is 0 Å². The lowest BCUT2D eigenvalue weighted by Crippen LogP contribution is -2.03. The van der Waals surface area contributed by atoms with Gasteiger partial charge in [0.1, 0.15) is 0 Å². The van der Waals surface area contributed by atoms with Gasteiger partial charge in [0.15, 0.2) is 0 Å². The van der Waals surface area contributed by atoms with Crippen molar-refractivity contribution in [2.45, 2.75) is 12.8 Å². The Labute approximate surface area is 102 Å². The van der Waals surface area contributed by atoms with Crippen LogP contribution in [0.25, 0.3) is 0 Å². The number of aryl methyl sites for hydroxylation is 1. The highest BCUT2D eigenvalue weighted by atomic mass is 14.9. The third kappa shape index (κ3) is 3.52. The maximum Gasteiger partial charge on any atom is 0.0346 e. The van der Waals surface area contributed by atoms with E-state index in [0.717, 1.165) is 25.1 Å². The van der Waals surface area contributed by atoms with Crippen molar-refractivity contribution >= 4 is 11.4 Å². The minimum absolute atomic E-state index is 0.896. The van der Waals surface area contributed by atoms with Crippen molar-refractivity contribution in [2.24, 2.45) is 0 Å². The van der Waals surface area contributed by atoms with Crippen LogP contribution in [0.3, 0.4) is 0 Å². The van der Waals surface area contributed by atoms with Crippen molar-refractivity contribution in [3.05, 3.63) is 60.2 Å². The molecule has 0 bridgehead atoms. The highest BCUT2D eigenvalue weighted by Gasteiger charge is 1.97. The molecule has 0 aliphatic carbocycles. The molecular weight excluding hydrogens is 208 g/mol. The lowest BCUT2D eigenvalue weighted by Gasteiger charge is -2.07. The Morgan fingerprint density at radius 1 is 0.882 bits per heavy atom. The highest BCUT2D eigenvalue weighted by molar-refractivity contribution is 5.46. The molecule has 0 spiro atoms. The smallest absolute Gasteiger partial charge is 0.0346 e. The van der Waals surface area contributed by atoms with Gasteiger partial charge in [0.25, 0.3) is 0 Å². The molecular formula is C15H18N2. The molecule has 0 saturated carbocycles. The number of nitrogens with two attached hydrogens (primary N) is 1. The standard InChI is InChI=1S/C15H18N2/c16-15-11-5-4-7-13(15)8-6-12-17-14-9-2-1-3-10-14/h1-5,7,9-11,17H,6,8,12,16H2. The van der Waals surface area contributed by atoms with Crippen LogP contribution in [0, 0.1) is 0 Å². The first-order chi connectivity index (χ1) is 8.36. The summed E-state index contributed by atoms with van der Waals surface area (Å²) < 4.78 is 0. The van der Waals surface area contributed by atoms with Gasteiger partial charge >= 0.3 is 0 Å². The van der Waals surface area contributed by atoms with Gasteiger partial charge in [0, 0.05) is 17.9 Å². The van der Waals surface area contributed by atoms with Gasteiger partial charge in [-0.3, -0.25) is 0 Å². The van der Waals surface area contributed by atoms with Crippen LogP contribution in [-0.2, 0) is 6.42 Å². The SMILES string of the molecule is Nc1ccccc1CCCNc1ccccc1. The predicted molar refractivity (Wildman–Crippen MR) is 74.1 cm³/mol. The molecule has 0 aromatic heterocycles. The molecule has 2 aromatic rings. The number of benzene rings is 2. The fourth-order valence-electron chi connectivity index (χ4n) is 1.83. The molecule has 17 heavy (non-hydrogen) atoms. The van der Waals surface area contributed by atoms with E-state index in [1.807, 2.05) is 36.4 Å². The molecule has 0 fully saturated rings. The minimum atomic E-state index is 0.896. The Balaban J connectivity index is 1.76. The Hall–Kier alpha value is -1.96. The van der Waals surface area contributed by atoms with Crippen molar-refractivity contribution in [1.29, 1.82) is 0 Å². The van der Waals surface area contributed by atoms with Gasteiger partial charge in [0.2, 0.25) is 0 Å². The summed E-state index contributed by atoms with van der Waals surface area (Å²) in [6.45, 7) is 0.971. The van der Waals surface area contributed by atoms with E-state index in [1.165, 1.54) is 11.3 Å². The zero-order valence-corrected chi connectivity index (χ0v) is 9.89. The number of para-hydroxylation sites is 2. The molecule has 0 radical (unpaired) electrons. The van der Waals surface area contributed by atoms with E-state index in [4.69, 9.17) is 5.73 Å². The van der Waals surface area contributed by atoms with Crippen LogP contribution in [-0.4, -0.2) is 6.54 Å². The van der Waals surface area contributed by atoms with Crippen LogP contribution in [0.4, 0.5) is 11.4 Å². The number of anilines is 2. The monoisotopic (exact) mass is 226 g/mol. The second-order valence-corrected chi connectivity index (χ2v) is 4.10. The van der Waals surface area contributed by atoms with Gasteiger partial charge in [-0.15, -0.1) is 0 Å². The fourth-order valence-corrected chi connectivity index (χ4v) is 1.83. The highest BCUT2D eigenvalue weighted by Crippen LogP contribution is 2.13. The van der Waals surface area contributed by atoms with Crippen LogP contribution in [0.1, 0.15) is 12.0 Å². The molecule has 3 N–H and O–H groups in total. The Bertz CT molecular complexity index is 451. The molecule has 0 aliphatic heterocycles. The Morgan fingerprint density at radius 2 is 1.59 bits per heavy atom. The van der Waals surface area contributed by atoms with E-state index in [0.29, 0.717) is 0 Å². The second-order valence-electron chi connectivity index (χ2n) is 4.10. The molecule has 0 amide bonds. The molecule has 2 heteroatoms. The van der Waals surface area contributed by atoms with Gasteiger partial charge in [-0.05, 0) is 36.6 Å². The van der Waals surface area contributed by atoms with E-state index in [1.54, 1.807) is 0 Å². The number of hydrogen-bond acceptors (Lipinski definition) is 2. The average molecular weight is 226 g/mol. The van der Waals surface area contributed by atoms with Crippen molar-refractivity contribution in [3.63, 3.8) is 0 Å². The van der Waals surface area contributed by atoms with Crippen molar-refractivity contribution in [3.8, 4) is 0 Å². The van der Waals surface area contributed by atoms with Crippen LogP contribution in [0.2, 0.25) is 0 Å². The van der Waals surface area contributed by atoms with Gasteiger partial charge in [-0.1, -0.05) is 36.4 Å².